The molecular weight excluding hydrogens is 498 g/mol. The molecule has 1 fully saturated rings. The van der Waals surface area contributed by atoms with E-state index in [1.54, 1.807) is 18.6 Å². The van der Waals surface area contributed by atoms with Gasteiger partial charge in [0.1, 0.15) is 4.88 Å². The summed E-state index contributed by atoms with van der Waals surface area (Å²) in [4.78, 5) is 31.3. The Balaban J connectivity index is 1.39. The topological polar surface area (TPSA) is 127 Å². The zero-order valence-electron chi connectivity index (χ0n) is 22.3. The van der Waals surface area contributed by atoms with Crippen LogP contribution >= 0.6 is 11.3 Å². The number of hydrogen-bond donors (Lipinski definition) is 3. The summed E-state index contributed by atoms with van der Waals surface area (Å²) in [6.45, 7) is 10.2. The quantitative estimate of drug-likeness (QED) is 0.361. The van der Waals surface area contributed by atoms with Crippen molar-refractivity contribution in [1.82, 2.24) is 20.3 Å². The first kappa shape index (κ1) is 27.4. The number of nitrogens with two attached hydrogens (primary N) is 1. The van der Waals surface area contributed by atoms with E-state index in [0.717, 1.165) is 53.4 Å². The third kappa shape index (κ3) is 7.23. The molecule has 1 aromatic carbocycles. The van der Waals surface area contributed by atoms with Gasteiger partial charge in [0.25, 0.3) is 5.91 Å². The molecule has 0 bridgehead atoms. The van der Waals surface area contributed by atoms with Gasteiger partial charge in [-0.15, -0.1) is 11.3 Å². The van der Waals surface area contributed by atoms with E-state index in [9.17, 15) is 4.79 Å². The summed E-state index contributed by atoms with van der Waals surface area (Å²) in [5, 5.41) is 7.10. The van der Waals surface area contributed by atoms with Crippen LogP contribution in [0.4, 0.5) is 5.95 Å². The van der Waals surface area contributed by atoms with Crippen molar-refractivity contribution in [3.8, 4) is 11.3 Å². The van der Waals surface area contributed by atoms with Gasteiger partial charge in [-0.2, -0.15) is 0 Å². The van der Waals surface area contributed by atoms with Gasteiger partial charge in [-0.25, -0.2) is 15.0 Å². The fourth-order valence-corrected chi connectivity index (χ4v) is 4.78. The average molecular weight is 534 g/mol. The molecule has 1 aliphatic rings. The van der Waals surface area contributed by atoms with Gasteiger partial charge in [0.05, 0.1) is 28.6 Å². The smallest absolute Gasteiger partial charge is 0.263 e. The molecule has 4 N–H and O–H groups in total. The predicted octanol–water partition coefficient (Wildman–Crippen LogP) is 4.60. The monoisotopic (exact) mass is 533 g/mol. The number of aromatic nitrogens is 3. The number of carbonyl (C=O) groups excluding carboxylic acids is 1. The molecule has 0 saturated carbocycles. The summed E-state index contributed by atoms with van der Waals surface area (Å²) >= 11 is 1.44. The fraction of sp³-hybridized carbons (Fsp3) is 0.393. The van der Waals surface area contributed by atoms with Crippen molar-refractivity contribution in [1.29, 1.82) is 0 Å². The van der Waals surface area contributed by atoms with Crippen molar-refractivity contribution in [3.05, 3.63) is 69.6 Å². The number of anilines is 1. The number of ether oxygens (including phenoxy) is 1. The number of aliphatic imine (C=N–C) groups is 1. The fourth-order valence-electron chi connectivity index (χ4n) is 3.89. The summed E-state index contributed by atoms with van der Waals surface area (Å²) in [6.07, 6.45) is 8.36. The molecule has 10 heteroatoms. The number of benzene rings is 1. The van der Waals surface area contributed by atoms with E-state index in [-0.39, 0.29) is 17.4 Å². The highest BCUT2D eigenvalue weighted by Gasteiger charge is 2.20. The van der Waals surface area contributed by atoms with Crippen LogP contribution in [-0.4, -0.2) is 46.3 Å². The molecule has 2 aromatic heterocycles. The van der Waals surface area contributed by atoms with Crippen molar-refractivity contribution in [2.45, 2.75) is 58.5 Å². The van der Waals surface area contributed by atoms with E-state index in [0.29, 0.717) is 23.1 Å². The number of nitrogens with one attached hydrogen (secondary N) is 2. The van der Waals surface area contributed by atoms with Gasteiger partial charge < -0.3 is 21.1 Å². The van der Waals surface area contributed by atoms with E-state index in [2.05, 4.69) is 57.4 Å². The number of thiazole rings is 1. The first-order chi connectivity index (χ1) is 18.2. The van der Waals surface area contributed by atoms with Gasteiger partial charge in [-0.3, -0.25) is 9.79 Å². The molecule has 1 saturated heterocycles. The highest BCUT2D eigenvalue weighted by atomic mass is 32.1. The summed E-state index contributed by atoms with van der Waals surface area (Å²) in [5.74, 6) is 0.322. The Morgan fingerprint density at radius 3 is 2.71 bits per heavy atom. The number of allylic oxidation sites excluding steroid dienone is 1. The highest BCUT2D eigenvalue weighted by molar-refractivity contribution is 7.13. The maximum atomic E-state index is 12.7. The molecule has 3 aromatic rings. The lowest BCUT2D eigenvalue weighted by molar-refractivity contribution is 0.0872. The number of aryl methyl sites for hydroxylation is 1. The molecule has 0 aliphatic carbocycles. The second kappa shape index (κ2) is 12.3. The molecule has 9 nitrogen and oxygen atoms in total. The minimum Gasteiger partial charge on any atom is -0.403 e. The van der Waals surface area contributed by atoms with Crippen molar-refractivity contribution in [2.75, 3.05) is 18.5 Å². The lowest BCUT2D eigenvalue weighted by Gasteiger charge is -2.18. The summed E-state index contributed by atoms with van der Waals surface area (Å²) in [6, 6.07) is 8.17. The van der Waals surface area contributed by atoms with Crippen LogP contribution in [0.1, 0.15) is 59.4 Å². The molecule has 1 aliphatic heterocycles. The Morgan fingerprint density at radius 1 is 1.24 bits per heavy atom. The predicted molar refractivity (Wildman–Crippen MR) is 152 cm³/mol. The van der Waals surface area contributed by atoms with Gasteiger partial charge in [0, 0.05) is 49.3 Å². The van der Waals surface area contributed by atoms with Crippen LogP contribution in [0.2, 0.25) is 0 Å². The molecule has 0 radical (unpaired) electrons. The van der Waals surface area contributed by atoms with Crippen LogP contribution in [-0.2, 0) is 16.7 Å². The van der Waals surface area contributed by atoms with Crippen LogP contribution < -0.4 is 16.4 Å². The Kier molecular flexibility index (Phi) is 8.85. The molecule has 0 atom stereocenters. The number of rotatable bonds is 8. The normalized spacial score (nSPS) is 15.1. The molecule has 200 valence electrons. The van der Waals surface area contributed by atoms with Crippen molar-refractivity contribution >= 4 is 29.4 Å². The largest absolute Gasteiger partial charge is 0.403 e. The standard InChI is InChI=1S/C28H35N7O2S/c1-18-13-19(5-6-20(18)15-32-25(36)24-17-33-26(38-24)28(2,3)4)23-7-10-30-27(35-23)34-22(14-29)16-31-21-8-11-37-12-9-21/h5-7,10,13-14,16-17,21H,8-9,11-12,15,29H2,1-4H3,(H,32,36)(H,30,34,35). The Labute approximate surface area is 227 Å². The maximum absolute atomic E-state index is 12.7. The number of amides is 1. The molecule has 4 rings (SSSR count). The third-order valence-electron chi connectivity index (χ3n) is 6.16. The number of carbonyl (C=O) groups is 1. The van der Waals surface area contributed by atoms with Gasteiger partial charge in [-0.1, -0.05) is 32.9 Å². The van der Waals surface area contributed by atoms with Crippen molar-refractivity contribution in [3.63, 3.8) is 0 Å². The first-order valence-electron chi connectivity index (χ1n) is 12.7. The van der Waals surface area contributed by atoms with Crippen molar-refractivity contribution < 1.29 is 9.53 Å². The van der Waals surface area contributed by atoms with Gasteiger partial charge in [0.15, 0.2) is 0 Å². The second-order valence-corrected chi connectivity index (χ2v) is 11.3. The van der Waals surface area contributed by atoms with Crippen LogP contribution in [0.25, 0.3) is 11.3 Å². The SMILES string of the molecule is Cc1cc(-c2ccnc(NC(C=NC3CCOCC3)=CN)n2)ccc1CNC(=O)c1cnc(C(C)(C)C)s1. The summed E-state index contributed by atoms with van der Waals surface area (Å²) < 4.78 is 5.38. The zero-order valence-corrected chi connectivity index (χ0v) is 23.1. The van der Waals surface area contributed by atoms with Crippen molar-refractivity contribution in [2.24, 2.45) is 10.7 Å². The average Bonchev–Trinajstić information content (AvgIpc) is 3.42. The van der Waals surface area contributed by atoms with Gasteiger partial charge in [0.2, 0.25) is 5.95 Å². The lowest BCUT2D eigenvalue weighted by Crippen LogP contribution is -2.22. The molecule has 38 heavy (non-hydrogen) atoms. The van der Waals surface area contributed by atoms with E-state index in [1.165, 1.54) is 17.5 Å². The minimum atomic E-state index is -0.114. The van der Waals surface area contributed by atoms with Crippen LogP contribution in [0.5, 0.6) is 0 Å². The van der Waals surface area contributed by atoms with E-state index in [4.69, 9.17) is 10.5 Å². The summed E-state index contributed by atoms with van der Waals surface area (Å²) in [5.41, 5.74) is 10.2. The minimum absolute atomic E-state index is 0.0769. The van der Waals surface area contributed by atoms with Crippen LogP contribution in [0, 0.1) is 6.92 Å². The Bertz CT molecular complexity index is 1320. The van der Waals surface area contributed by atoms with E-state index in [1.807, 2.05) is 25.1 Å². The van der Waals surface area contributed by atoms with E-state index < -0.39 is 0 Å². The van der Waals surface area contributed by atoms with E-state index >= 15 is 0 Å². The highest BCUT2D eigenvalue weighted by Crippen LogP contribution is 2.27. The Morgan fingerprint density at radius 2 is 2.03 bits per heavy atom. The third-order valence-corrected chi connectivity index (χ3v) is 7.58. The van der Waals surface area contributed by atoms with Gasteiger partial charge >= 0.3 is 0 Å². The zero-order chi connectivity index (χ0) is 27.1. The Hall–Kier alpha value is -3.63. The molecule has 1 amide bonds. The first-order valence-corrected chi connectivity index (χ1v) is 13.5. The lowest BCUT2D eigenvalue weighted by atomic mass is 9.98. The summed E-state index contributed by atoms with van der Waals surface area (Å²) in [7, 11) is 0. The molecule has 0 unspecified atom stereocenters. The number of hydrogen-bond acceptors (Lipinski definition) is 9. The van der Waals surface area contributed by atoms with Crippen LogP contribution in [0.3, 0.4) is 0 Å². The molecule has 3 heterocycles. The van der Waals surface area contributed by atoms with Gasteiger partial charge in [-0.05, 0) is 43.0 Å². The van der Waals surface area contributed by atoms with Crippen LogP contribution in [0.15, 0.2) is 53.5 Å². The second-order valence-electron chi connectivity index (χ2n) is 10.2. The maximum Gasteiger partial charge on any atom is 0.263 e. The number of nitrogens with zero attached hydrogens (tertiary/aromatic N) is 4. The molecular formula is C28H35N7O2S. The molecule has 0 spiro atoms.